The summed E-state index contributed by atoms with van der Waals surface area (Å²) in [6.45, 7) is 3.00. The van der Waals surface area contributed by atoms with Gasteiger partial charge in [-0.2, -0.15) is 0 Å². The van der Waals surface area contributed by atoms with Gasteiger partial charge in [-0.3, -0.25) is 0 Å². The van der Waals surface area contributed by atoms with Crippen LogP contribution in [-0.4, -0.2) is 16.7 Å². The highest BCUT2D eigenvalue weighted by Crippen LogP contribution is 2.23. The van der Waals surface area contributed by atoms with E-state index in [2.05, 4.69) is 34.7 Å². The van der Waals surface area contributed by atoms with Crippen LogP contribution in [0.2, 0.25) is 0 Å². The van der Waals surface area contributed by atoms with Crippen LogP contribution in [0, 0.1) is 4.77 Å². The Bertz CT molecular complexity index is 798. The molecule has 3 aromatic rings. The van der Waals surface area contributed by atoms with Gasteiger partial charge in [0.05, 0.1) is 24.7 Å². The topological polar surface area (TPSA) is 29.9 Å². The molecule has 0 saturated carbocycles. The zero-order valence-electron chi connectivity index (χ0n) is 11.5. The molecule has 0 bridgehead atoms. The summed E-state index contributed by atoms with van der Waals surface area (Å²) in [6, 6.07) is 10.4. The molecule has 1 N–H and O–H groups in total. The molecule has 0 amide bonds. The highest BCUT2D eigenvalue weighted by atomic mass is 32.1. The number of benzene rings is 1. The number of aryl methyl sites for hydroxylation is 1. The van der Waals surface area contributed by atoms with Crippen LogP contribution in [0.15, 0.2) is 30.3 Å². The lowest BCUT2D eigenvalue weighted by Gasteiger charge is -2.03. The Hall–Kier alpha value is -1.59. The average molecular weight is 304 g/mol. The number of thiophene rings is 1. The fourth-order valence-electron chi connectivity index (χ4n) is 2.28. The molecular formula is C15H16N2OS2. The third-order valence-corrected chi connectivity index (χ3v) is 4.90. The molecule has 3 nitrogen and oxygen atoms in total. The number of hydrogen-bond acceptors (Lipinski definition) is 3. The third-order valence-electron chi connectivity index (χ3n) is 3.36. The number of imidazole rings is 1. The van der Waals surface area contributed by atoms with E-state index in [-0.39, 0.29) is 0 Å². The molecule has 0 aliphatic heterocycles. The third kappa shape index (κ3) is 2.39. The Morgan fingerprint density at radius 1 is 1.25 bits per heavy atom. The minimum Gasteiger partial charge on any atom is -0.497 e. The lowest BCUT2D eigenvalue weighted by Crippen LogP contribution is -1.97. The molecule has 0 radical (unpaired) electrons. The second-order valence-electron chi connectivity index (χ2n) is 4.62. The highest BCUT2D eigenvalue weighted by Gasteiger charge is 2.07. The molecule has 2 heterocycles. The summed E-state index contributed by atoms with van der Waals surface area (Å²) in [4.78, 5) is 5.98. The van der Waals surface area contributed by atoms with Crippen molar-refractivity contribution in [2.75, 3.05) is 7.11 Å². The molecule has 2 aromatic heterocycles. The van der Waals surface area contributed by atoms with E-state index >= 15 is 0 Å². The molecule has 0 unspecified atom stereocenters. The van der Waals surface area contributed by atoms with Crippen LogP contribution in [0.1, 0.15) is 16.7 Å². The number of hydrogen-bond donors (Lipinski definition) is 1. The van der Waals surface area contributed by atoms with Gasteiger partial charge in [-0.1, -0.05) is 6.92 Å². The van der Waals surface area contributed by atoms with Gasteiger partial charge in [-0.15, -0.1) is 11.3 Å². The van der Waals surface area contributed by atoms with Crippen LogP contribution < -0.4 is 4.74 Å². The second kappa shape index (κ2) is 5.42. The number of H-pyrrole nitrogens is 1. The summed E-state index contributed by atoms with van der Waals surface area (Å²) in [5.74, 6) is 0.838. The number of aromatic amines is 1. The van der Waals surface area contributed by atoms with E-state index < -0.39 is 0 Å². The second-order valence-corrected chi connectivity index (χ2v) is 6.26. The standard InChI is InChI=1S/C15H16N2OS2/c1-3-11-5-6-12(20-11)9-17-14-7-4-10(18-2)8-13(14)16-15(17)19/h4-8H,3,9H2,1-2H3,(H,16,19). The van der Waals surface area contributed by atoms with Crippen molar-refractivity contribution in [1.82, 2.24) is 9.55 Å². The average Bonchev–Trinajstić information content (AvgIpc) is 3.04. The minimum atomic E-state index is 0.750. The Kier molecular flexibility index (Phi) is 3.63. The molecule has 3 rings (SSSR count). The van der Waals surface area contributed by atoms with Gasteiger partial charge in [-0.25, -0.2) is 0 Å². The Labute approximate surface area is 126 Å². The Morgan fingerprint density at radius 3 is 2.75 bits per heavy atom. The van der Waals surface area contributed by atoms with Crippen molar-refractivity contribution in [1.29, 1.82) is 0 Å². The van der Waals surface area contributed by atoms with Crippen LogP contribution >= 0.6 is 23.6 Å². The van der Waals surface area contributed by atoms with Crippen molar-refractivity contribution in [2.45, 2.75) is 19.9 Å². The number of methoxy groups -OCH3 is 1. The first-order valence-electron chi connectivity index (χ1n) is 6.55. The molecule has 0 aliphatic rings. The number of nitrogens with zero attached hydrogens (tertiary/aromatic N) is 1. The lowest BCUT2D eigenvalue weighted by atomic mass is 10.3. The summed E-state index contributed by atoms with van der Waals surface area (Å²) in [5.41, 5.74) is 2.13. The van der Waals surface area contributed by atoms with Gasteiger partial charge in [0.2, 0.25) is 0 Å². The molecule has 104 valence electrons. The van der Waals surface area contributed by atoms with Gasteiger partial charge >= 0.3 is 0 Å². The van der Waals surface area contributed by atoms with E-state index in [0.717, 1.165) is 34.5 Å². The molecule has 0 atom stereocenters. The maximum Gasteiger partial charge on any atom is 0.178 e. The lowest BCUT2D eigenvalue weighted by molar-refractivity contribution is 0.415. The van der Waals surface area contributed by atoms with Crippen LogP contribution in [0.25, 0.3) is 11.0 Å². The zero-order valence-corrected chi connectivity index (χ0v) is 13.1. The van der Waals surface area contributed by atoms with Crippen molar-refractivity contribution in [2.24, 2.45) is 0 Å². The maximum absolute atomic E-state index is 5.44. The smallest absolute Gasteiger partial charge is 0.178 e. The Balaban J connectivity index is 2.02. The maximum atomic E-state index is 5.44. The summed E-state index contributed by atoms with van der Waals surface area (Å²) in [5, 5.41) is 0. The first kappa shape index (κ1) is 13.4. The first-order valence-corrected chi connectivity index (χ1v) is 7.78. The molecule has 20 heavy (non-hydrogen) atoms. The summed E-state index contributed by atoms with van der Waals surface area (Å²) in [7, 11) is 1.67. The predicted octanol–water partition coefficient (Wildman–Crippen LogP) is 4.38. The number of rotatable bonds is 4. The van der Waals surface area contributed by atoms with Crippen LogP contribution in [0.4, 0.5) is 0 Å². The van der Waals surface area contributed by atoms with E-state index in [1.165, 1.54) is 9.75 Å². The predicted molar refractivity (Wildman–Crippen MR) is 86.5 cm³/mol. The fraction of sp³-hybridized carbons (Fsp3) is 0.267. The van der Waals surface area contributed by atoms with Crippen molar-refractivity contribution < 1.29 is 4.74 Å². The molecule has 0 spiro atoms. The van der Waals surface area contributed by atoms with Gasteiger partial charge < -0.3 is 14.3 Å². The SMILES string of the molecule is CCc1ccc(Cn2c(=S)[nH]c3cc(OC)ccc32)s1. The van der Waals surface area contributed by atoms with Gasteiger partial charge in [0.1, 0.15) is 5.75 Å². The monoisotopic (exact) mass is 304 g/mol. The van der Waals surface area contributed by atoms with Gasteiger partial charge in [-0.05, 0) is 42.9 Å². The number of ether oxygens (including phenoxy) is 1. The van der Waals surface area contributed by atoms with E-state index in [1.807, 2.05) is 23.5 Å². The molecule has 0 aliphatic carbocycles. The van der Waals surface area contributed by atoms with Crippen molar-refractivity contribution in [3.8, 4) is 5.75 Å². The van der Waals surface area contributed by atoms with Crippen molar-refractivity contribution >= 4 is 34.6 Å². The first-order chi connectivity index (χ1) is 9.71. The summed E-state index contributed by atoms with van der Waals surface area (Å²) >= 11 is 7.29. The van der Waals surface area contributed by atoms with Gasteiger partial charge in [0.25, 0.3) is 0 Å². The molecule has 0 fully saturated rings. The van der Waals surface area contributed by atoms with E-state index in [1.54, 1.807) is 7.11 Å². The van der Waals surface area contributed by atoms with Crippen molar-refractivity contribution in [3.05, 3.63) is 44.9 Å². The summed E-state index contributed by atoms with van der Waals surface area (Å²) < 4.78 is 8.13. The van der Waals surface area contributed by atoms with Crippen molar-refractivity contribution in [3.63, 3.8) is 0 Å². The largest absolute Gasteiger partial charge is 0.497 e. The zero-order chi connectivity index (χ0) is 14.1. The number of fused-ring (bicyclic) bond motifs is 1. The number of nitrogens with one attached hydrogen (secondary N) is 1. The Morgan fingerprint density at radius 2 is 2.05 bits per heavy atom. The highest BCUT2D eigenvalue weighted by molar-refractivity contribution is 7.71. The van der Waals surface area contributed by atoms with Crippen LogP contribution in [-0.2, 0) is 13.0 Å². The summed E-state index contributed by atoms with van der Waals surface area (Å²) in [6.07, 6.45) is 1.08. The van der Waals surface area contributed by atoms with E-state index in [9.17, 15) is 0 Å². The fourth-order valence-corrected chi connectivity index (χ4v) is 3.50. The number of aromatic nitrogens is 2. The molecular weight excluding hydrogens is 288 g/mol. The van der Waals surface area contributed by atoms with Crippen LogP contribution in [0.5, 0.6) is 5.75 Å². The van der Waals surface area contributed by atoms with E-state index in [0.29, 0.717) is 0 Å². The quantitative estimate of drug-likeness (QED) is 0.725. The molecule has 1 aromatic carbocycles. The molecule has 5 heteroatoms. The molecule has 0 saturated heterocycles. The normalized spacial score (nSPS) is 11.1. The van der Waals surface area contributed by atoms with Gasteiger partial charge in [0, 0.05) is 15.8 Å². The van der Waals surface area contributed by atoms with Gasteiger partial charge in [0.15, 0.2) is 4.77 Å². The van der Waals surface area contributed by atoms with E-state index in [4.69, 9.17) is 17.0 Å². The van der Waals surface area contributed by atoms with Crippen LogP contribution in [0.3, 0.4) is 0 Å². The minimum absolute atomic E-state index is 0.750.